The van der Waals surface area contributed by atoms with Crippen LogP contribution in [0.5, 0.6) is 0 Å². The standard InChI is InChI=1S/C15H22N6O3.C6H4F2/c22-14(21-10-11-24-15(21)23)19-7-6-16-12-2-8-20(9-3-12)13-17-4-1-5-18-13;7-5-3-1-2-4-6(5)8/h1,4-5,12,16H,2-3,6-11H2,(H,19,22);1-4H. The van der Waals surface area contributed by atoms with Gasteiger partial charge in [0.25, 0.3) is 0 Å². The highest BCUT2D eigenvalue weighted by Crippen LogP contribution is 2.15. The van der Waals surface area contributed by atoms with E-state index in [1.54, 1.807) is 12.4 Å². The van der Waals surface area contributed by atoms with Crippen molar-refractivity contribution in [1.82, 2.24) is 25.5 Å². The minimum Gasteiger partial charge on any atom is -0.447 e. The van der Waals surface area contributed by atoms with E-state index in [2.05, 4.69) is 25.5 Å². The van der Waals surface area contributed by atoms with Gasteiger partial charge in [0.05, 0.1) is 6.54 Å². The summed E-state index contributed by atoms with van der Waals surface area (Å²) in [7, 11) is 0. The first-order valence-electron chi connectivity index (χ1n) is 10.4. The van der Waals surface area contributed by atoms with Gasteiger partial charge in [-0.3, -0.25) is 0 Å². The van der Waals surface area contributed by atoms with Crippen molar-refractivity contribution < 1.29 is 23.1 Å². The van der Waals surface area contributed by atoms with Crippen LogP contribution < -0.4 is 15.5 Å². The van der Waals surface area contributed by atoms with Crippen molar-refractivity contribution in [2.45, 2.75) is 18.9 Å². The van der Waals surface area contributed by atoms with Gasteiger partial charge in [0.15, 0.2) is 11.6 Å². The number of ether oxygens (including phenoxy) is 1. The van der Waals surface area contributed by atoms with Gasteiger partial charge >= 0.3 is 12.1 Å². The number of urea groups is 1. The Bertz CT molecular complexity index is 860. The number of nitrogens with one attached hydrogen (secondary N) is 2. The fraction of sp³-hybridized carbons (Fsp3) is 0.429. The van der Waals surface area contributed by atoms with E-state index in [0.717, 1.165) is 48.9 Å². The Morgan fingerprint density at radius 3 is 2.25 bits per heavy atom. The average Bonchev–Trinajstić information content (AvgIpc) is 3.26. The number of imide groups is 1. The number of carbonyl (C=O) groups excluding carboxylic acids is 2. The molecule has 172 valence electrons. The maximum absolute atomic E-state index is 11.9. The van der Waals surface area contributed by atoms with Gasteiger partial charge in [-0.15, -0.1) is 0 Å². The number of hydrogen-bond acceptors (Lipinski definition) is 7. The zero-order chi connectivity index (χ0) is 22.8. The number of benzene rings is 1. The Morgan fingerprint density at radius 1 is 1.03 bits per heavy atom. The van der Waals surface area contributed by atoms with Crippen LogP contribution in [0.3, 0.4) is 0 Å². The molecule has 0 unspecified atom stereocenters. The monoisotopic (exact) mass is 448 g/mol. The van der Waals surface area contributed by atoms with Gasteiger partial charge in [0.2, 0.25) is 5.95 Å². The molecule has 1 aromatic heterocycles. The predicted octanol–water partition coefficient (Wildman–Crippen LogP) is 2.16. The molecule has 2 aliphatic heterocycles. The Morgan fingerprint density at radius 2 is 1.69 bits per heavy atom. The van der Waals surface area contributed by atoms with Crippen LogP contribution in [0.1, 0.15) is 12.8 Å². The second-order valence-corrected chi connectivity index (χ2v) is 7.18. The summed E-state index contributed by atoms with van der Waals surface area (Å²) < 4.78 is 28.6. The van der Waals surface area contributed by atoms with Crippen LogP contribution in [0, 0.1) is 11.6 Å². The normalized spacial score (nSPS) is 16.2. The van der Waals surface area contributed by atoms with Crippen molar-refractivity contribution >= 4 is 18.1 Å². The molecule has 0 radical (unpaired) electrons. The van der Waals surface area contributed by atoms with Crippen LogP contribution in [0.4, 0.5) is 24.3 Å². The van der Waals surface area contributed by atoms with Gasteiger partial charge in [0.1, 0.15) is 6.61 Å². The van der Waals surface area contributed by atoms with Crippen molar-refractivity contribution in [1.29, 1.82) is 0 Å². The molecule has 11 heteroatoms. The Balaban J connectivity index is 0.000000305. The fourth-order valence-corrected chi connectivity index (χ4v) is 3.30. The molecular formula is C21H26F2N6O3. The van der Waals surface area contributed by atoms with E-state index >= 15 is 0 Å². The lowest BCUT2D eigenvalue weighted by atomic mass is 10.1. The van der Waals surface area contributed by atoms with Gasteiger partial charge in [-0.2, -0.15) is 0 Å². The number of hydrogen-bond donors (Lipinski definition) is 2. The molecule has 0 aliphatic carbocycles. The van der Waals surface area contributed by atoms with Gasteiger partial charge in [0, 0.05) is 44.6 Å². The Hall–Kier alpha value is -3.34. The third-order valence-electron chi connectivity index (χ3n) is 4.99. The van der Waals surface area contributed by atoms with Gasteiger partial charge in [-0.05, 0) is 31.0 Å². The number of amides is 3. The van der Waals surface area contributed by atoms with Gasteiger partial charge in [-0.25, -0.2) is 33.2 Å². The fourth-order valence-electron chi connectivity index (χ4n) is 3.30. The summed E-state index contributed by atoms with van der Waals surface area (Å²) in [4.78, 5) is 34.8. The van der Waals surface area contributed by atoms with Crippen molar-refractivity contribution in [3.8, 4) is 0 Å². The molecule has 1 aromatic carbocycles. The number of aromatic nitrogens is 2. The van der Waals surface area contributed by atoms with E-state index in [1.807, 2.05) is 6.07 Å². The van der Waals surface area contributed by atoms with Crippen LogP contribution in [0.25, 0.3) is 0 Å². The number of piperidine rings is 1. The summed E-state index contributed by atoms with van der Waals surface area (Å²) in [6.07, 6.45) is 4.95. The first kappa shape index (κ1) is 23.3. The molecule has 3 amide bonds. The smallest absolute Gasteiger partial charge is 0.418 e. The number of halogens is 2. The van der Waals surface area contributed by atoms with Crippen molar-refractivity contribution in [2.24, 2.45) is 0 Å². The average molecular weight is 448 g/mol. The van der Waals surface area contributed by atoms with E-state index in [9.17, 15) is 18.4 Å². The number of rotatable bonds is 5. The molecule has 4 rings (SSSR count). The zero-order valence-corrected chi connectivity index (χ0v) is 17.5. The van der Waals surface area contributed by atoms with E-state index < -0.39 is 23.8 Å². The zero-order valence-electron chi connectivity index (χ0n) is 17.5. The molecule has 2 saturated heterocycles. The van der Waals surface area contributed by atoms with Crippen LogP contribution >= 0.6 is 0 Å². The highest BCUT2D eigenvalue weighted by molar-refractivity contribution is 5.91. The highest BCUT2D eigenvalue weighted by Gasteiger charge is 2.28. The van der Waals surface area contributed by atoms with Crippen LogP contribution in [-0.4, -0.2) is 72.4 Å². The molecule has 0 saturated carbocycles. The second-order valence-electron chi connectivity index (χ2n) is 7.18. The maximum atomic E-state index is 11.9. The van der Waals surface area contributed by atoms with Crippen LogP contribution in [0.15, 0.2) is 42.7 Å². The first-order valence-corrected chi connectivity index (χ1v) is 10.4. The number of nitrogens with zero attached hydrogens (tertiary/aromatic N) is 4. The SMILES string of the molecule is Fc1ccccc1F.O=C(NCCNC1CCN(c2ncccn2)CC1)N1CCOC1=O. The molecule has 2 aliphatic rings. The summed E-state index contributed by atoms with van der Waals surface area (Å²) in [5.74, 6) is -0.819. The molecule has 0 bridgehead atoms. The molecule has 0 spiro atoms. The molecular weight excluding hydrogens is 422 g/mol. The number of carbonyl (C=O) groups is 2. The van der Waals surface area contributed by atoms with Gasteiger partial charge < -0.3 is 20.3 Å². The maximum Gasteiger partial charge on any atom is 0.418 e. The molecule has 0 atom stereocenters. The van der Waals surface area contributed by atoms with E-state index in [0.29, 0.717) is 25.7 Å². The Kier molecular flexibility index (Phi) is 8.67. The minimum absolute atomic E-state index is 0.272. The number of cyclic esters (lactones) is 1. The van der Waals surface area contributed by atoms with Crippen molar-refractivity contribution in [3.05, 3.63) is 54.4 Å². The predicted molar refractivity (Wildman–Crippen MR) is 113 cm³/mol. The molecule has 32 heavy (non-hydrogen) atoms. The van der Waals surface area contributed by atoms with Crippen LogP contribution in [0.2, 0.25) is 0 Å². The summed E-state index contributed by atoms with van der Waals surface area (Å²) in [5.41, 5.74) is 0. The minimum atomic E-state index is -0.799. The molecule has 2 fully saturated rings. The van der Waals surface area contributed by atoms with Crippen molar-refractivity contribution in [3.63, 3.8) is 0 Å². The molecule has 2 N–H and O–H groups in total. The van der Waals surface area contributed by atoms with E-state index in [4.69, 9.17) is 4.74 Å². The van der Waals surface area contributed by atoms with Crippen LogP contribution in [-0.2, 0) is 4.74 Å². The summed E-state index contributed by atoms with van der Waals surface area (Å²) >= 11 is 0. The molecule has 2 aromatic rings. The lowest BCUT2D eigenvalue weighted by Crippen LogP contribution is -2.47. The topological polar surface area (TPSA) is 99.7 Å². The largest absolute Gasteiger partial charge is 0.447 e. The number of anilines is 1. The van der Waals surface area contributed by atoms with E-state index in [-0.39, 0.29) is 6.61 Å². The lowest BCUT2D eigenvalue weighted by molar-refractivity contribution is 0.158. The molecule has 9 nitrogen and oxygen atoms in total. The second kappa shape index (κ2) is 11.9. The van der Waals surface area contributed by atoms with Gasteiger partial charge in [-0.1, -0.05) is 12.1 Å². The van der Waals surface area contributed by atoms with Crippen molar-refractivity contribution in [2.75, 3.05) is 44.2 Å². The highest BCUT2D eigenvalue weighted by atomic mass is 19.2. The van der Waals surface area contributed by atoms with E-state index in [1.165, 1.54) is 12.1 Å². The third-order valence-corrected chi connectivity index (χ3v) is 4.99. The summed E-state index contributed by atoms with van der Waals surface area (Å²) in [5, 5.41) is 6.16. The molecule has 3 heterocycles. The first-order chi connectivity index (χ1) is 15.5. The quantitative estimate of drug-likeness (QED) is 0.677. The lowest BCUT2D eigenvalue weighted by Gasteiger charge is -2.32. The summed E-state index contributed by atoms with van der Waals surface area (Å²) in [6, 6.07) is 6.88. The summed E-state index contributed by atoms with van der Waals surface area (Å²) in [6.45, 7) is 3.55. The Labute approximate surface area is 184 Å². The third kappa shape index (κ3) is 6.84.